The van der Waals surface area contributed by atoms with E-state index in [9.17, 15) is 5.26 Å². The van der Waals surface area contributed by atoms with Crippen molar-refractivity contribution in [3.8, 4) is 6.07 Å². The van der Waals surface area contributed by atoms with Crippen molar-refractivity contribution in [1.29, 1.82) is 5.26 Å². The van der Waals surface area contributed by atoms with Gasteiger partial charge in [0.1, 0.15) is 0 Å². The predicted molar refractivity (Wildman–Crippen MR) is 103 cm³/mol. The highest BCUT2D eigenvalue weighted by atomic mass is 14.8. The number of hydrogen-bond acceptors (Lipinski definition) is 2. The van der Waals surface area contributed by atoms with Crippen LogP contribution in [-0.4, -0.2) is 7.05 Å². The molecule has 0 fully saturated rings. The quantitative estimate of drug-likeness (QED) is 0.778. The molecule has 124 valence electrons. The summed E-state index contributed by atoms with van der Waals surface area (Å²) in [4.78, 5) is 0. The van der Waals surface area contributed by atoms with Crippen molar-refractivity contribution < 1.29 is 0 Å². The largest absolute Gasteiger partial charge is 0.388 e. The van der Waals surface area contributed by atoms with Crippen molar-refractivity contribution in [3.05, 3.63) is 69.3 Å². The molecule has 2 nitrogen and oxygen atoms in total. The van der Waals surface area contributed by atoms with Crippen LogP contribution in [0, 0.1) is 32.1 Å². The topological polar surface area (TPSA) is 35.8 Å². The number of nitrogens with zero attached hydrogens (tertiary/aromatic N) is 1. The van der Waals surface area contributed by atoms with E-state index < -0.39 is 0 Å². The molecule has 0 aliphatic rings. The molecule has 0 saturated carbocycles. The second kappa shape index (κ2) is 7.36. The summed E-state index contributed by atoms with van der Waals surface area (Å²) in [5, 5.41) is 12.7. The lowest BCUT2D eigenvalue weighted by molar-refractivity contribution is 1.10. The number of nitriles is 1. The van der Waals surface area contributed by atoms with Gasteiger partial charge >= 0.3 is 0 Å². The maximum Gasteiger partial charge on any atom is 0.0994 e. The third-order valence-electron chi connectivity index (χ3n) is 4.79. The third kappa shape index (κ3) is 3.21. The standard InChI is InChI=1S/C22H26N2/c1-7-14(2)22(19-9-8-10-21(24-6)17(19)5)20-12-18(13-23)15(3)11-16(20)4/h8-12,24H,7H2,1-6H3/b22-14-. The highest BCUT2D eigenvalue weighted by molar-refractivity contribution is 5.87. The normalized spacial score (nSPS) is 11.7. The summed E-state index contributed by atoms with van der Waals surface area (Å²) in [5.41, 5.74) is 10.4. The number of rotatable bonds is 4. The van der Waals surface area contributed by atoms with Crippen molar-refractivity contribution in [2.24, 2.45) is 0 Å². The fourth-order valence-corrected chi connectivity index (χ4v) is 3.20. The van der Waals surface area contributed by atoms with E-state index in [1.165, 1.54) is 27.8 Å². The Balaban J connectivity index is 2.82. The first-order valence-corrected chi connectivity index (χ1v) is 8.43. The maximum atomic E-state index is 9.44. The Morgan fingerprint density at radius 3 is 2.38 bits per heavy atom. The Bertz CT molecular complexity index is 836. The van der Waals surface area contributed by atoms with Crippen LogP contribution in [0.2, 0.25) is 0 Å². The number of benzene rings is 2. The number of aryl methyl sites for hydroxylation is 2. The van der Waals surface area contributed by atoms with E-state index in [0.717, 1.165) is 28.8 Å². The Hall–Kier alpha value is -2.53. The fraction of sp³-hybridized carbons (Fsp3) is 0.318. The van der Waals surface area contributed by atoms with Crippen LogP contribution in [0.15, 0.2) is 35.9 Å². The Morgan fingerprint density at radius 2 is 1.79 bits per heavy atom. The molecule has 0 heterocycles. The molecule has 2 aromatic rings. The first kappa shape index (κ1) is 17.8. The summed E-state index contributed by atoms with van der Waals surface area (Å²) < 4.78 is 0. The monoisotopic (exact) mass is 318 g/mol. The molecule has 0 aliphatic heterocycles. The Morgan fingerprint density at radius 1 is 1.08 bits per heavy atom. The van der Waals surface area contributed by atoms with Gasteiger partial charge in [-0.3, -0.25) is 0 Å². The van der Waals surface area contributed by atoms with E-state index in [1.54, 1.807) is 0 Å². The van der Waals surface area contributed by atoms with Crippen LogP contribution < -0.4 is 5.32 Å². The predicted octanol–water partition coefficient (Wildman–Crippen LogP) is 5.76. The first-order valence-electron chi connectivity index (χ1n) is 8.43. The second-order valence-electron chi connectivity index (χ2n) is 6.33. The molecular weight excluding hydrogens is 292 g/mol. The van der Waals surface area contributed by atoms with Crippen LogP contribution in [0.4, 0.5) is 5.69 Å². The smallest absolute Gasteiger partial charge is 0.0994 e. The van der Waals surface area contributed by atoms with Crippen molar-refractivity contribution in [2.45, 2.75) is 41.0 Å². The van der Waals surface area contributed by atoms with Gasteiger partial charge in [0.05, 0.1) is 11.6 Å². The molecule has 0 spiro atoms. The Kier molecular flexibility index (Phi) is 5.46. The molecule has 0 saturated heterocycles. The van der Waals surface area contributed by atoms with Crippen LogP contribution in [0.1, 0.15) is 53.6 Å². The molecular formula is C22H26N2. The number of allylic oxidation sites excluding steroid dienone is 1. The summed E-state index contributed by atoms with van der Waals surface area (Å²) in [6.07, 6.45) is 0.980. The lowest BCUT2D eigenvalue weighted by Gasteiger charge is -2.20. The minimum Gasteiger partial charge on any atom is -0.388 e. The zero-order valence-electron chi connectivity index (χ0n) is 15.5. The Labute approximate surface area is 145 Å². The summed E-state index contributed by atoms with van der Waals surface area (Å²) >= 11 is 0. The zero-order chi connectivity index (χ0) is 17.9. The van der Waals surface area contributed by atoms with Gasteiger partial charge in [-0.2, -0.15) is 5.26 Å². The van der Waals surface area contributed by atoms with Gasteiger partial charge in [-0.25, -0.2) is 0 Å². The average molecular weight is 318 g/mol. The van der Waals surface area contributed by atoms with E-state index in [2.05, 4.69) is 63.3 Å². The molecule has 2 heteroatoms. The van der Waals surface area contributed by atoms with E-state index in [4.69, 9.17) is 0 Å². The molecule has 0 aromatic heterocycles. The minimum atomic E-state index is 0.749. The lowest BCUT2D eigenvalue weighted by Crippen LogP contribution is -2.02. The van der Waals surface area contributed by atoms with Crippen LogP contribution in [-0.2, 0) is 0 Å². The van der Waals surface area contributed by atoms with Crippen molar-refractivity contribution >= 4 is 11.3 Å². The van der Waals surface area contributed by atoms with E-state index in [0.29, 0.717) is 0 Å². The zero-order valence-corrected chi connectivity index (χ0v) is 15.5. The highest BCUT2D eigenvalue weighted by Crippen LogP contribution is 2.35. The van der Waals surface area contributed by atoms with Crippen LogP contribution in [0.25, 0.3) is 5.57 Å². The molecule has 0 amide bonds. The highest BCUT2D eigenvalue weighted by Gasteiger charge is 2.16. The van der Waals surface area contributed by atoms with Crippen molar-refractivity contribution in [1.82, 2.24) is 0 Å². The molecule has 1 N–H and O–H groups in total. The van der Waals surface area contributed by atoms with Crippen LogP contribution >= 0.6 is 0 Å². The SMILES string of the molecule is CC/C(C)=C(\c1cc(C#N)c(C)cc1C)c1cccc(NC)c1C. The fourth-order valence-electron chi connectivity index (χ4n) is 3.20. The van der Waals surface area contributed by atoms with Gasteiger partial charge in [0.15, 0.2) is 0 Å². The molecule has 0 aliphatic carbocycles. The van der Waals surface area contributed by atoms with Crippen LogP contribution in [0.3, 0.4) is 0 Å². The van der Waals surface area contributed by atoms with Gasteiger partial charge in [0.25, 0.3) is 0 Å². The van der Waals surface area contributed by atoms with Crippen LogP contribution in [0.5, 0.6) is 0 Å². The summed E-state index contributed by atoms with van der Waals surface area (Å²) in [5.74, 6) is 0. The third-order valence-corrected chi connectivity index (χ3v) is 4.79. The summed E-state index contributed by atoms with van der Waals surface area (Å²) in [6, 6.07) is 12.9. The maximum absolute atomic E-state index is 9.44. The molecule has 2 rings (SSSR count). The van der Waals surface area contributed by atoms with Gasteiger partial charge < -0.3 is 5.32 Å². The molecule has 0 atom stereocenters. The second-order valence-corrected chi connectivity index (χ2v) is 6.33. The number of anilines is 1. The molecule has 24 heavy (non-hydrogen) atoms. The average Bonchev–Trinajstić information content (AvgIpc) is 2.58. The van der Waals surface area contributed by atoms with Crippen molar-refractivity contribution in [2.75, 3.05) is 12.4 Å². The van der Waals surface area contributed by atoms with Gasteiger partial charge in [-0.15, -0.1) is 0 Å². The van der Waals surface area contributed by atoms with Gasteiger partial charge in [0.2, 0.25) is 0 Å². The van der Waals surface area contributed by atoms with Gasteiger partial charge in [-0.1, -0.05) is 30.7 Å². The number of hydrogen-bond donors (Lipinski definition) is 1. The van der Waals surface area contributed by atoms with Gasteiger partial charge in [0, 0.05) is 12.7 Å². The van der Waals surface area contributed by atoms with E-state index in [1.807, 2.05) is 20.0 Å². The van der Waals surface area contributed by atoms with E-state index >= 15 is 0 Å². The van der Waals surface area contributed by atoms with Gasteiger partial charge in [-0.05, 0) is 79.6 Å². The molecule has 0 unspecified atom stereocenters. The minimum absolute atomic E-state index is 0.749. The number of nitrogens with one attached hydrogen (secondary N) is 1. The molecule has 2 aromatic carbocycles. The van der Waals surface area contributed by atoms with Crippen molar-refractivity contribution in [3.63, 3.8) is 0 Å². The summed E-state index contributed by atoms with van der Waals surface area (Å²) in [7, 11) is 1.95. The molecule has 0 radical (unpaired) electrons. The first-order chi connectivity index (χ1) is 11.4. The lowest BCUT2D eigenvalue weighted by atomic mass is 9.85. The molecule has 0 bridgehead atoms. The summed E-state index contributed by atoms with van der Waals surface area (Å²) in [6.45, 7) is 10.6. The van der Waals surface area contributed by atoms with E-state index in [-0.39, 0.29) is 0 Å².